The quantitative estimate of drug-likeness (QED) is 0.887. The van der Waals surface area contributed by atoms with E-state index in [9.17, 15) is 4.79 Å². The summed E-state index contributed by atoms with van der Waals surface area (Å²) in [6.45, 7) is 3.99. The van der Waals surface area contributed by atoms with Gasteiger partial charge in [-0.3, -0.25) is 4.79 Å². The maximum absolute atomic E-state index is 11.2. The van der Waals surface area contributed by atoms with Crippen LogP contribution in [0.4, 0.5) is 0 Å². The lowest BCUT2D eigenvalue weighted by Gasteiger charge is -2.17. The standard InChI is InChI=1S/C11H14BrNO/c1-7(2)10(11(13)14)8-3-5-9(12)6-4-8/h3-7,10H,1-2H3,(H2,13,14). The van der Waals surface area contributed by atoms with Crippen molar-refractivity contribution in [2.24, 2.45) is 11.7 Å². The summed E-state index contributed by atoms with van der Waals surface area (Å²) in [5.41, 5.74) is 6.34. The van der Waals surface area contributed by atoms with Crippen LogP contribution >= 0.6 is 15.9 Å². The molecule has 1 aromatic carbocycles. The van der Waals surface area contributed by atoms with E-state index in [-0.39, 0.29) is 17.7 Å². The molecule has 0 aliphatic heterocycles. The number of carbonyl (C=O) groups excluding carboxylic acids is 1. The summed E-state index contributed by atoms with van der Waals surface area (Å²) >= 11 is 3.35. The second kappa shape index (κ2) is 4.60. The number of carbonyl (C=O) groups is 1. The molecule has 0 heterocycles. The molecule has 1 aromatic rings. The lowest BCUT2D eigenvalue weighted by Crippen LogP contribution is -2.25. The molecule has 14 heavy (non-hydrogen) atoms. The van der Waals surface area contributed by atoms with Crippen molar-refractivity contribution in [1.82, 2.24) is 0 Å². The molecule has 0 bridgehead atoms. The topological polar surface area (TPSA) is 43.1 Å². The molecule has 1 amide bonds. The van der Waals surface area contributed by atoms with Crippen molar-refractivity contribution in [3.8, 4) is 0 Å². The van der Waals surface area contributed by atoms with Crippen molar-refractivity contribution < 1.29 is 4.79 Å². The first kappa shape index (κ1) is 11.2. The van der Waals surface area contributed by atoms with Gasteiger partial charge in [0.15, 0.2) is 0 Å². The Morgan fingerprint density at radius 2 is 1.79 bits per heavy atom. The van der Waals surface area contributed by atoms with Crippen LogP contribution in [-0.2, 0) is 4.79 Å². The van der Waals surface area contributed by atoms with Gasteiger partial charge in [-0.1, -0.05) is 41.9 Å². The first-order chi connectivity index (χ1) is 6.52. The van der Waals surface area contributed by atoms with Crippen molar-refractivity contribution in [2.45, 2.75) is 19.8 Å². The van der Waals surface area contributed by atoms with E-state index in [1.807, 2.05) is 38.1 Å². The number of amides is 1. The SMILES string of the molecule is CC(C)C(C(N)=O)c1ccc(Br)cc1. The summed E-state index contributed by atoms with van der Waals surface area (Å²) in [4.78, 5) is 11.2. The molecular formula is C11H14BrNO. The van der Waals surface area contributed by atoms with E-state index in [0.717, 1.165) is 10.0 Å². The molecule has 76 valence electrons. The fourth-order valence-corrected chi connectivity index (χ4v) is 1.81. The van der Waals surface area contributed by atoms with E-state index in [4.69, 9.17) is 5.73 Å². The van der Waals surface area contributed by atoms with Crippen LogP contribution in [-0.4, -0.2) is 5.91 Å². The molecule has 0 spiro atoms. The monoisotopic (exact) mass is 255 g/mol. The Balaban J connectivity index is 3.00. The van der Waals surface area contributed by atoms with E-state index in [1.54, 1.807) is 0 Å². The normalized spacial score (nSPS) is 12.9. The fraction of sp³-hybridized carbons (Fsp3) is 0.364. The second-order valence-corrected chi connectivity index (χ2v) is 4.59. The minimum atomic E-state index is -0.262. The van der Waals surface area contributed by atoms with Crippen LogP contribution in [0.5, 0.6) is 0 Å². The van der Waals surface area contributed by atoms with Gasteiger partial charge in [0.05, 0.1) is 5.92 Å². The maximum atomic E-state index is 11.2. The first-order valence-corrected chi connectivity index (χ1v) is 5.36. The summed E-state index contributed by atoms with van der Waals surface area (Å²) in [6, 6.07) is 7.71. The Kier molecular flexibility index (Phi) is 3.69. The minimum Gasteiger partial charge on any atom is -0.369 e. The van der Waals surface area contributed by atoms with Crippen LogP contribution in [0.2, 0.25) is 0 Å². The average molecular weight is 256 g/mol. The number of nitrogens with two attached hydrogens (primary N) is 1. The lowest BCUT2D eigenvalue weighted by molar-refractivity contribution is -0.120. The smallest absolute Gasteiger partial charge is 0.225 e. The molecule has 0 saturated heterocycles. The molecule has 0 fully saturated rings. The van der Waals surface area contributed by atoms with E-state index in [1.165, 1.54) is 0 Å². The van der Waals surface area contributed by atoms with Crippen LogP contribution in [0.15, 0.2) is 28.7 Å². The number of benzene rings is 1. The Morgan fingerprint density at radius 3 is 2.14 bits per heavy atom. The maximum Gasteiger partial charge on any atom is 0.225 e. The molecular weight excluding hydrogens is 242 g/mol. The zero-order valence-corrected chi connectivity index (χ0v) is 9.91. The summed E-state index contributed by atoms with van der Waals surface area (Å²) in [6.07, 6.45) is 0. The van der Waals surface area contributed by atoms with Gasteiger partial charge in [0.2, 0.25) is 5.91 Å². The van der Waals surface area contributed by atoms with Crippen LogP contribution in [0.3, 0.4) is 0 Å². The summed E-state index contributed by atoms with van der Waals surface area (Å²) in [5, 5.41) is 0. The molecule has 1 unspecified atom stereocenters. The fourth-order valence-electron chi connectivity index (χ4n) is 1.55. The molecule has 2 nitrogen and oxygen atoms in total. The molecule has 3 heteroatoms. The van der Waals surface area contributed by atoms with Crippen LogP contribution in [0.25, 0.3) is 0 Å². The lowest BCUT2D eigenvalue weighted by atomic mass is 9.88. The third-order valence-corrected chi connectivity index (χ3v) is 2.73. The largest absolute Gasteiger partial charge is 0.369 e. The van der Waals surface area contributed by atoms with Crippen LogP contribution in [0.1, 0.15) is 25.3 Å². The number of primary amides is 1. The minimum absolute atomic E-state index is 0.192. The Bertz CT molecular complexity index is 319. The highest BCUT2D eigenvalue weighted by Crippen LogP contribution is 2.25. The highest BCUT2D eigenvalue weighted by Gasteiger charge is 2.21. The number of halogens is 1. The molecule has 1 atom stereocenters. The highest BCUT2D eigenvalue weighted by molar-refractivity contribution is 9.10. The van der Waals surface area contributed by atoms with Crippen LogP contribution < -0.4 is 5.73 Å². The summed E-state index contributed by atoms with van der Waals surface area (Å²) in [7, 11) is 0. The van der Waals surface area contributed by atoms with E-state index in [0.29, 0.717) is 0 Å². The van der Waals surface area contributed by atoms with Gasteiger partial charge in [0.25, 0.3) is 0 Å². The van der Waals surface area contributed by atoms with Crippen molar-refractivity contribution in [3.05, 3.63) is 34.3 Å². The van der Waals surface area contributed by atoms with Crippen molar-refractivity contribution in [3.63, 3.8) is 0 Å². The van der Waals surface area contributed by atoms with Gasteiger partial charge in [-0.15, -0.1) is 0 Å². The average Bonchev–Trinajstić information content (AvgIpc) is 2.07. The predicted octanol–water partition coefficient (Wildman–Crippen LogP) is 2.67. The van der Waals surface area contributed by atoms with E-state index >= 15 is 0 Å². The van der Waals surface area contributed by atoms with Crippen LogP contribution in [0, 0.1) is 5.92 Å². The van der Waals surface area contributed by atoms with E-state index < -0.39 is 0 Å². The van der Waals surface area contributed by atoms with Crippen molar-refractivity contribution in [1.29, 1.82) is 0 Å². The molecule has 0 radical (unpaired) electrons. The van der Waals surface area contributed by atoms with Gasteiger partial charge in [-0.2, -0.15) is 0 Å². The van der Waals surface area contributed by atoms with Crippen molar-refractivity contribution >= 4 is 21.8 Å². The first-order valence-electron chi connectivity index (χ1n) is 4.57. The molecule has 0 aromatic heterocycles. The predicted molar refractivity (Wildman–Crippen MR) is 60.9 cm³/mol. The third-order valence-electron chi connectivity index (χ3n) is 2.20. The Hall–Kier alpha value is -0.830. The van der Waals surface area contributed by atoms with Gasteiger partial charge in [0, 0.05) is 4.47 Å². The van der Waals surface area contributed by atoms with Gasteiger partial charge in [-0.25, -0.2) is 0 Å². The second-order valence-electron chi connectivity index (χ2n) is 3.68. The molecule has 2 N–H and O–H groups in total. The number of hydrogen-bond acceptors (Lipinski definition) is 1. The highest BCUT2D eigenvalue weighted by atomic mass is 79.9. The van der Waals surface area contributed by atoms with Gasteiger partial charge >= 0.3 is 0 Å². The molecule has 0 aliphatic rings. The zero-order valence-electron chi connectivity index (χ0n) is 8.33. The van der Waals surface area contributed by atoms with Gasteiger partial charge < -0.3 is 5.73 Å². The number of hydrogen-bond donors (Lipinski definition) is 1. The number of rotatable bonds is 3. The van der Waals surface area contributed by atoms with E-state index in [2.05, 4.69) is 15.9 Å². The zero-order chi connectivity index (χ0) is 10.7. The van der Waals surface area contributed by atoms with Crippen molar-refractivity contribution in [2.75, 3.05) is 0 Å². The van der Waals surface area contributed by atoms with Gasteiger partial charge in [-0.05, 0) is 23.6 Å². The third kappa shape index (κ3) is 2.58. The molecule has 0 aliphatic carbocycles. The Morgan fingerprint density at radius 1 is 1.29 bits per heavy atom. The summed E-state index contributed by atoms with van der Waals surface area (Å²) in [5.74, 6) is -0.223. The van der Waals surface area contributed by atoms with Gasteiger partial charge in [0.1, 0.15) is 0 Å². The molecule has 1 rings (SSSR count). The molecule has 0 saturated carbocycles. The summed E-state index contributed by atoms with van der Waals surface area (Å²) < 4.78 is 1.01. The Labute approximate surface area is 92.6 Å².